The van der Waals surface area contributed by atoms with E-state index in [4.69, 9.17) is 4.42 Å². The van der Waals surface area contributed by atoms with Crippen LogP contribution >= 0.6 is 0 Å². The fraction of sp³-hybridized carbons (Fsp3) is 0.364. The van der Waals surface area contributed by atoms with E-state index >= 15 is 0 Å². The molecule has 4 nitrogen and oxygen atoms in total. The van der Waals surface area contributed by atoms with Crippen LogP contribution in [0.2, 0.25) is 0 Å². The first-order chi connectivity index (χ1) is 7.34. The number of aromatic nitrogens is 2. The van der Waals surface area contributed by atoms with Gasteiger partial charge in [0.05, 0.1) is 18.6 Å². The summed E-state index contributed by atoms with van der Waals surface area (Å²) < 4.78 is 5.37. The second kappa shape index (κ2) is 3.24. The van der Waals surface area contributed by atoms with Gasteiger partial charge >= 0.3 is 0 Å². The molecule has 0 spiro atoms. The third-order valence-corrected chi connectivity index (χ3v) is 3.01. The number of aromatic amines is 1. The maximum absolute atomic E-state index is 9.92. The van der Waals surface area contributed by atoms with E-state index in [1.807, 2.05) is 12.1 Å². The molecule has 0 saturated heterocycles. The van der Waals surface area contributed by atoms with Crippen LogP contribution in [0.15, 0.2) is 29.0 Å². The van der Waals surface area contributed by atoms with Crippen LogP contribution in [0.5, 0.6) is 0 Å². The first kappa shape index (κ1) is 8.73. The van der Waals surface area contributed by atoms with E-state index in [1.165, 1.54) is 0 Å². The SMILES string of the molecule is OC1CC(c2ccco2)Cc2[nH]ncc21. The van der Waals surface area contributed by atoms with Crippen LogP contribution in [-0.2, 0) is 6.42 Å². The van der Waals surface area contributed by atoms with Crippen molar-refractivity contribution in [1.82, 2.24) is 10.2 Å². The van der Waals surface area contributed by atoms with Gasteiger partial charge in [0.1, 0.15) is 5.76 Å². The number of hydrogen-bond acceptors (Lipinski definition) is 3. The molecule has 2 atom stereocenters. The number of H-pyrrole nitrogens is 1. The molecule has 0 aromatic carbocycles. The normalized spacial score (nSPS) is 25.1. The second-order valence-corrected chi connectivity index (χ2v) is 3.97. The first-order valence-corrected chi connectivity index (χ1v) is 5.08. The largest absolute Gasteiger partial charge is 0.469 e. The Morgan fingerprint density at radius 1 is 1.53 bits per heavy atom. The van der Waals surface area contributed by atoms with Crippen molar-refractivity contribution in [1.29, 1.82) is 0 Å². The molecule has 0 saturated carbocycles. The average Bonchev–Trinajstić information content (AvgIpc) is 2.88. The molecule has 1 aliphatic rings. The number of fused-ring (bicyclic) bond motifs is 1. The van der Waals surface area contributed by atoms with Gasteiger partial charge in [-0.25, -0.2) is 0 Å². The van der Waals surface area contributed by atoms with Crippen molar-refractivity contribution in [3.8, 4) is 0 Å². The second-order valence-electron chi connectivity index (χ2n) is 3.97. The predicted molar refractivity (Wildman–Crippen MR) is 53.3 cm³/mol. The molecule has 78 valence electrons. The van der Waals surface area contributed by atoms with Crippen LogP contribution in [0.4, 0.5) is 0 Å². The lowest BCUT2D eigenvalue weighted by Gasteiger charge is -2.23. The highest BCUT2D eigenvalue weighted by molar-refractivity contribution is 5.26. The van der Waals surface area contributed by atoms with Gasteiger partial charge in [-0.1, -0.05) is 0 Å². The van der Waals surface area contributed by atoms with E-state index in [0.29, 0.717) is 6.42 Å². The van der Waals surface area contributed by atoms with Crippen LogP contribution < -0.4 is 0 Å². The molecule has 2 unspecified atom stereocenters. The highest BCUT2D eigenvalue weighted by Gasteiger charge is 2.29. The Morgan fingerprint density at radius 3 is 3.27 bits per heavy atom. The van der Waals surface area contributed by atoms with E-state index in [9.17, 15) is 5.11 Å². The lowest BCUT2D eigenvalue weighted by molar-refractivity contribution is 0.143. The van der Waals surface area contributed by atoms with E-state index in [0.717, 1.165) is 23.4 Å². The smallest absolute Gasteiger partial charge is 0.107 e. The highest BCUT2D eigenvalue weighted by atomic mass is 16.3. The van der Waals surface area contributed by atoms with Crippen molar-refractivity contribution in [2.75, 3.05) is 0 Å². The van der Waals surface area contributed by atoms with Crippen molar-refractivity contribution in [2.45, 2.75) is 24.9 Å². The maximum Gasteiger partial charge on any atom is 0.107 e. The van der Waals surface area contributed by atoms with Crippen LogP contribution in [0.3, 0.4) is 0 Å². The summed E-state index contributed by atoms with van der Waals surface area (Å²) in [4.78, 5) is 0. The summed E-state index contributed by atoms with van der Waals surface area (Å²) in [6, 6.07) is 3.84. The first-order valence-electron chi connectivity index (χ1n) is 5.08. The summed E-state index contributed by atoms with van der Waals surface area (Å²) >= 11 is 0. The fourth-order valence-corrected chi connectivity index (χ4v) is 2.24. The Bertz CT molecular complexity index is 447. The molecular formula is C11H12N2O2. The summed E-state index contributed by atoms with van der Waals surface area (Å²) in [5.74, 6) is 1.19. The van der Waals surface area contributed by atoms with Gasteiger partial charge in [-0.3, -0.25) is 5.10 Å². The van der Waals surface area contributed by atoms with Crippen LogP contribution in [0, 0.1) is 0 Å². The lowest BCUT2D eigenvalue weighted by atomic mass is 9.85. The summed E-state index contributed by atoms with van der Waals surface area (Å²) in [5, 5.41) is 16.8. The Hall–Kier alpha value is -1.55. The van der Waals surface area contributed by atoms with Crippen molar-refractivity contribution < 1.29 is 9.52 Å². The molecule has 0 aliphatic heterocycles. The third-order valence-electron chi connectivity index (χ3n) is 3.01. The monoisotopic (exact) mass is 204 g/mol. The molecule has 0 bridgehead atoms. The number of aliphatic hydroxyl groups is 1. The Labute approximate surface area is 86.9 Å². The Morgan fingerprint density at radius 2 is 2.47 bits per heavy atom. The van der Waals surface area contributed by atoms with E-state index in [1.54, 1.807) is 12.5 Å². The summed E-state index contributed by atoms with van der Waals surface area (Å²) in [6.07, 6.45) is 4.52. The van der Waals surface area contributed by atoms with Gasteiger partial charge in [0.25, 0.3) is 0 Å². The van der Waals surface area contributed by atoms with Gasteiger partial charge in [-0.15, -0.1) is 0 Å². The van der Waals surface area contributed by atoms with Crippen molar-refractivity contribution >= 4 is 0 Å². The molecule has 1 aliphatic carbocycles. The molecule has 0 amide bonds. The van der Waals surface area contributed by atoms with Gasteiger partial charge in [-0.05, 0) is 25.0 Å². The molecule has 2 N–H and O–H groups in total. The quantitative estimate of drug-likeness (QED) is 0.744. The molecular weight excluding hydrogens is 192 g/mol. The molecule has 15 heavy (non-hydrogen) atoms. The molecule has 2 heterocycles. The fourth-order valence-electron chi connectivity index (χ4n) is 2.24. The molecule has 0 fully saturated rings. The standard InChI is InChI=1S/C11H12N2O2/c14-10-5-7(11-2-1-3-15-11)4-9-8(10)6-12-13-9/h1-3,6-7,10,14H,4-5H2,(H,12,13). The van der Waals surface area contributed by atoms with E-state index < -0.39 is 6.10 Å². The molecule has 4 heteroatoms. The number of furan rings is 1. The zero-order valence-electron chi connectivity index (χ0n) is 8.18. The Balaban J connectivity index is 1.93. The predicted octanol–water partition coefficient (Wildman–Crippen LogP) is 1.77. The minimum Gasteiger partial charge on any atom is -0.469 e. The summed E-state index contributed by atoms with van der Waals surface area (Å²) in [5.41, 5.74) is 1.95. The van der Waals surface area contributed by atoms with Gasteiger partial charge in [0.15, 0.2) is 0 Å². The Kier molecular flexibility index (Phi) is 1.89. The van der Waals surface area contributed by atoms with Crippen LogP contribution in [0.1, 0.15) is 35.5 Å². The third kappa shape index (κ3) is 1.37. The molecule has 2 aromatic heterocycles. The summed E-state index contributed by atoms with van der Waals surface area (Å²) in [6.45, 7) is 0. The topological polar surface area (TPSA) is 62.1 Å². The number of hydrogen-bond donors (Lipinski definition) is 2. The van der Waals surface area contributed by atoms with E-state index in [-0.39, 0.29) is 5.92 Å². The number of rotatable bonds is 1. The van der Waals surface area contributed by atoms with Crippen molar-refractivity contribution in [3.63, 3.8) is 0 Å². The van der Waals surface area contributed by atoms with Gasteiger partial charge in [-0.2, -0.15) is 5.10 Å². The van der Waals surface area contributed by atoms with Crippen LogP contribution in [-0.4, -0.2) is 15.3 Å². The molecule has 0 radical (unpaired) electrons. The van der Waals surface area contributed by atoms with E-state index in [2.05, 4.69) is 10.2 Å². The highest BCUT2D eigenvalue weighted by Crippen LogP contribution is 2.37. The zero-order chi connectivity index (χ0) is 10.3. The minimum absolute atomic E-state index is 0.253. The molecule has 2 aromatic rings. The van der Waals surface area contributed by atoms with Crippen molar-refractivity contribution in [2.24, 2.45) is 0 Å². The van der Waals surface area contributed by atoms with Gasteiger partial charge in [0.2, 0.25) is 0 Å². The summed E-state index contributed by atoms with van der Waals surface area (Å²) in [7, 11) is 0. The lowest BCUT2D eigenvalue weighted by Crippen LogP contribution is -2.16. The van der Waals surface area contributed by atoms with Crippen LogP contribution in [0.25, 0.3) is 0 Å². The number of nitrogens with one attached hydrogen (secondary N) is 1. The number of aliphatic hydroxyl groups excluding tert-OH is 1. The van der Waals surface area contributed by atoms with Gasteiger partial charge in [0, 0.05) is 17.2 Å². The maximum atomic E-state index is 9.92. The van der Waals surface area contributed by atoms with Crippen molar-refractivity contribution in [3.05, 3.63) is 41.6 Å². The van der Waals surface area contributed by atoms with Gasteiger partial charge < -0.3 is 9.52 Å². The minimum atomic E-state index is -0.428. The number of nitrogens with zero attached hydrogens (tertiary/aromatic N) is 1. The average molecular weight is 204 g/mol. The zero-order valence-corrected chi connectivity index (χ0v) is 8.18. The molecule has 3 rings (SSSR count).